The van der Waals surface area contributed by atoms with Crippen molar-refractivity contribution in [3.63, 3.8) is 0 Å². The molecule has 0 aliphatic heterocycles. The molecule has 0 fully saturated rings. The first kappa shape index (κ1) is 12.1. The third-order valence-corrected chi connectivity index (χ3v) is 2.84. The van der Waals surface area contributed by atoms with E-state index in [1.807, 2.05) is 32.0 Å². The molecular weight excluding hydrogens is 228 g/mol. The third kappa shape index (κ3) is 2.48. The van der Waals surface area contributed by atoms with Crippen LogP contribution in [0.3, 0.4) is 0 Å². The summed E-state index contributed by atoms with van der Waals surface area (Å²) in [6.45, 7) is 4.01. The number of hydrogen-bond donors (Lipinski definition) is 2. The van der Waals surface area contributed by atoms with Crippen LogP contribution in [0.1, 0.15) is 32.1 Å². The quantitative estimate of drug-likeness (QED) is 0.813. The van der Waals surface area contributed by atoms with Crippen LogP contribution in [0.15, 0.2) is 30.3 Å². The van der Waals surface area contributed by atoms with Crippen LogP contribution >= 0.6 is 0 Å². The Bertz CT molecular complexity index is 600. The Balaban J connectivity index is 2.15. The second-order valence-corrected chi connectivity index (χ2v) is 4.20. The summed E-state index contributed by atoms with van der Waals surface area (Å²) in [5.74, 6) is -0.258. The molecule has 1 aromatic carbocycles. The van der Waals surface area contributed by atoms with Gasteiger partial charge >= 0.3 is 0 Å². The van der Waals surface area contributed by atoms with Crippen LogP contribution in [0.25, 0.3) is 0 Å². The smallest absolute Gasteiger partial charge is 0.272 e. The van der Waals surface area contributed by atoms with E-state index in [9.17, 15) is 9.59 Å². The molecule has 0 aliphatic rings. The standard InChI is InChI=1S/C14H14N2O2/c1-9-3-4-11(7-10(9)2)16-14(18)13-6-5-12(8-17)15-13/h3-8,15H,1-2H3,(H,16,18). The lowest BCUT2D eigenvalue weighted by atomic mass is 10.1. The Kier molecular flexibility index (Phi) is 3.28. The van der Waals surface area contributed by atoms with Crippen LogP contribution in [0, 0.1) is 13.8 Å². The van der Waals surface area contributed by atoms with Gasteiger partial charge < -0.3 is 10.3 Å². The van der Waals surface area contributed by atoms with E-state index < -0.39 is 0 Å². The molecule has 0 atom stereocenters. The van der Waals surface area contributed by atoms with Crippen molar-refractivity contribution in [3.8, 4) is 0 Å². The van der Waals surface area contributed by atoms with Gasteiger partial charge in [0.15, 0.2) is 6.29 Å². The lowest BCUT2D eigenvalue weighted by molar-refractivity contribution is 0.102. The summed E-state index contributed by atoms with van der Waals surface area (Å²) >= 11 is 0. The van der Waals surface area contributed by atoms with Crippen molar-refractivity contribution >= 4 is 17.9 Å². The normalized spacial score (nSPS) is 10.1. The van der Waals surface area contributed by atoms with E-state index in [4.69, 9.17) is 0 Å². The number of aromatic nitrogens is 1. The zero-order valence-corrected chi connectivity index (χ0v) is 10.3. The number of H-pyrrole nitrogens is 1. The molecule has 0 aliphatic carbocycles. The number of aryl methyl sites for hydroxylation is 2. The summed E-state index contributed by atoms with van der Waals surface area (Å²) in [4.78, 5) is 25.1. The van der Waals surface area contributed by atoms with Crippen LogP contribution in [-0.2, 0) is 0 Å². The minimum absolute atomic E-state index is 0.258. The highest BCUT2D eigenvalue weighted by Gasteiger charge is 2.08. The molecule has 2 aromatic rings. The summed E-state index contributed by atoms with van der Waals surface area (Å²) < 4.78 is 0. The van der Waals surface area contributed by atoms with Gasteiger partial charge in [-0.25, -0.2) is 0 Å². The summed E-state index contributed by atoms with van der Waals surface area (Å²) in [5.41, 5.74) is 3.80. The van der Waals surface area contributed by atoms with Crippen molar-refractivity contribution in [1.82, 2.24) is 4.98 Å². The molecular formula is C14H14N2O2. The molecule has 2 rings (SSSR count). The van der Waals surface area contributed by atoms with Crippen molar-refractivity contribution in [2.75, 3.05) is 5.32 Å². The van der Waals surface area contributed by atoms with E-state index in [1.165, 1.54) is 5.56 Å². The Morgan fingerprint density at radius 1 is 1.17 bits per heavy atom. The number of benzene rings is 1. The molecule has 0 radical (unpaired) electrons. The fourth-order valence-electron chi connectivity index (χ4n) is 1.63. The molecule has 1 heterocycles. The van der Waals surface area contributed by atoms with Gasteiger partial charge in [0.2, 0.25) is 0 Å². The number of nitrogens with one attached hydrogen (secondary N) is 2. The number of amides is 1. The zero-order valence-electron chi connectivity index (χ0n) is 10.3. The van der Waals surface area contributed by atoms with E-state index in [0.29, 0.717) is 17.7 Å². The first-order valence-corrected chi connectivity index (χ1v) is 5.63. The Morgan fingerprint density at radius 2 is 1.94 bits per heavy atom. The third-order valence-electron chi connectivity index (χ3n) is 2.84. The number of carbonyl (C=O) groups is 2. The van der Waals surface area contributed by atoms with Crippen LogP contribution in [-0.4, -0.2) is 17.2 Å². The molecule has 4 nitrogen and oxygen atoms in total. The number of anilines is 1. The van der Waals surface area contributed by atoms with Crippen LogP contribution in [0.4, 0.5) is 5.69 Å². The van der Waals surface area contributed by atoms with Crippen molar-refractivity contribution in [2.45, 2.75) is 13.8 Å². The Hall–Kier alpha value is -2.36. The molecule has 0 bridgehead atoms. The summed E-state index contributed by atoms with van der Waals surface area (Å²) in [5, 5.41) is 2.78. The van der Waals surface area contributed by atoms with E-state index in [0.717, 1.165) is 11.3 Å². The van der Waals surface area contributed by atoms with Crippen molar-refractivity contribution in [3.05, 3.63) is 52.8 Å². The Labute approximate surface area is 105 Å². The highest BCUT2D eigenvalue weighted by molar-refractivity contribution is 6.03. The minimum atomic E-state index is -0.258. The number of carbonyl (C=O) groups excluding carboxylic acids is 2. The second-order valence-electron chi connectivity index (χ2n) is 4.20. The van der Waals surface area contributed by atoms with Crippen molar-refractivity contribution in [2.24, 2.45) is 0 Å². The topological polar surface area (TPSA) is 62.0 Å². The molecule has 2 N–H and O–H groups in total. The molecule has 18 heavy (non-hydrogen) atoms. The lowest BCUT2D eigenvalue weighted by Crippen LogP contribution is -2.12. The van der Waals surface area contributed by atoms with Gasteiger partial charge in [0.1, 0.15) is 5.69 Å². The van der Waals surface area contributed by atoms with Gasteiger partial charge in [-0.1, -0.05) is 6.07 Å². The van der Waals surface area contributed by atoms with Gasteiger partial charge in [-0.2, -0.15) is 0 Å². The van der Waals surface area contributed by atoms with E-state index in [1.54, 1.807) is 12.1 Å². The van der Waals surface area contributed by atoms with Gasteiger partial charge in [-0.05, 0) is 49.2 Å². The second kappa shape index (κ2) is 4.87. The molecule has 0 saturated heterocycles. The van der Waals surface area contributed by atoms with Gasteiger partial charge in [-0.15, -0.1) is 0 Å². The van der Waals surface area contributed by atoms with E-state index >= 15 is 0 Å². The molecule has 1 amide bonds. The monoisotopic (exact) mass is 242 g/mol. The van der Waals surface area contributed by atoms with Gasteiger partial charge in [0.05, 0.1) is 5.69 Å². The summed E-state index contributed by atoms with van der Waals surface area (Å²) in [7, 11) is 0. The maximum Gasteiger partial charge on any atom is 0.272 e. The van der Waals surface area contributed by atoms with Gasteiger partial charge in [0.25, 0.3) is 5.91 Å². The zero-order chi connectivity index (χ0) is 13.1. The van der Waals surface area contributed by atoms with Gasteiger partial charge in [-0.3, -0.25) is 9.59 Å². The maximum atomic E-state index is 11.9. The predicted octanol–water partition coefficient (Wildman–Crippen LogP) is 2.70. The largest absolute Gasteiger partial charge is 0.348 e. The molecule has 0 saturated carbocycles. The fourth-order valence-corrected chi connectivity index (χ4v) is 1.63. The lowest BCUT2D eigenvalue weighted by Gasteiger charge is -2.06. The van der Waals surface area contributed by atoms with Crippen molar-refractivity contribution in [1.29, 1.82) is 0 Å². The van der Waals surface area contributed by atoms with E-state index in [-0.39, 0.29) is 5.91 Å². The van der Waals surface area contributed by atoms with Crippen LogP contribution in [0.5, 0.6) is 0 Å². The molecule has 4 heteroatoms. The number of aromatic amines is 1. The highest BCUT2D eigenvalue weighted by atomic mass is 16.2. The first-order valence-electron chi connectivity index (χ1n) is 5.63. The number of hydrogen-bond acceptors (Lipinski definition) is 2. The molecule has 92 valence electrons. The van der Waals surface area contributed by atoms with Crippen LogP contribution in [0.2, 0.25) is 0 Å². The average molecular weight is 242 g/mol. The summed E-state index contributed by atoms with van der Waals surface area (Å²) in [6, 6.07) is 8.87. The average Bonchev–Trinajstić information content (AvgIpc) is 2.82. The number of aldehydes is 1. The molecule has 0 spiro atoms. The minimum Gasteiger partial charge on any atom is -0.348 e. The first-order chi connectivity index (χ1) is 8.60. The molecule has 0 unspecified atom stereocenters. The van der Waals surface area contributed by atoms with Crippen molar-refractivity contribution < 1.29 is 9.59 Å². The predicted molar refractivity (Wildman–Crippen MR) is 70.0 cm³/mol. The Morgan fingerprint density at radius 3 is 2.56 bits per heavy atom. The molecule has 1 aromatic heterocycles. The highest BCUT2D eigenvalue weighted by Crippen LogP contribution is 2.15. The van der Waals surface area contributed by atoms with E-state index in [2.05, 4.69) is 10.3 Å². The van der Waals surface area contributed by atoms with Crippen LogP contribution < -0.4 is 5.32 Å². The van der Waals surface area contributed by atoms with Gasteiger partial charge in [0, 0.05) is 5.69 Å². The fraction of sp³-hybridized carbons (Fsp3) is 0.143. The number of rotatable bonds is 3. The maximum absolute atomic E-state index is 11.9. The SMILES string of the molecule is Cc1ccc(NC(=O)c2ccc(C=O)[nH]2)cc1C. The summed E-state index contributed by atoms with van der Waals surface area (Å²) in [6.07, 6.45) is 0.673.